The molecule has 1 saturated heterocycles. The first-order valence-corrected chi connectivity index (χ1v) is 7.80. The van der Waals surface area contributed by atoms with Gasteiger partial charge in [0.1, 0.15) is 5.75 Å². The Kier molecular flexibility index (Phi) is 5.71. The molecule has 2 rings (SSSR count). The second-order valence-corrected chi connectivity index (χ2v) is 5.94. The Bertz CT molecular complexity index is 673. The number of ether oxygens (including phenoxy) is 1. The molecule has 2 atom stereocenters. The minimum absolute atomic E-state index is 0.0746. The third kappa shape index (κ3) is 5.23. The van der Waals surface area contributed by atoms with Gasteiger partial charge in [-0.05, 0) is 31.9 Å². The molecule has 2 unspecified atom stereocenters. The molecule has 1 aliphatic rings. The number of likely N-dealkylation sites (tertiary alicyclic amines) is 1. The Morgan fingerprint density at radius 3 is 2.60 bits per heavy atom. The number of hydrogen-bond acceptors (Lipinski definition) is 3. The molecule has 0 bridgehead atoms. The molecule has 2 amide bonds. The van der Waals surface area contributed by atoms with E-state index in [1.165, 1.54) is 35.3 Å². The average Bonchev–Trinajstić information content (AvgIpc) is 2.52. The fourth-order valence-corrected chi connectivity index (χ4v) is 2.74. The van der Waals surface area contributed by atoms with Crippen molar-refractivity contribution in [2.24, 2.45) is 11.7 Å². The largest absolute Gasteiger partial charge is 0.573 e. The molecule has 5 nitrogen and oxygen atoms in total. The molecule has 1 aromatic carbocycles. The predicted octanol–water partition coefficient (Wildman–Crippen LogP) is 2.71. The van der Waals surface area contributed by atoms with E-state index in [1.54, 1.807) is 6.07 Å². The van der Waals surface area contributed by atoms with E-state index in [4.69, 9.17) is 5.73 Å². The van der Waals surface area contributed by atoms with Crippen molar-refractivity contribution in [3.63, 3.8) is 0 Å². The van der Waals surface area contributed by atoms with E-state index in [-0.39, 0.29) is 29.8 Å². The average molecular weight is 356 g/mol. The van der Waals surface area contributed by atoms with E-state index in [1.807, 2.05) is 6.92 Å². The van der Waals surface area contributed by atoms with Crippen molar-refractivity contribution in [1.29, 1.82) is 0 Å². The third-order valence-corrected chi connectivity index (χ3v) is 4.12. The lowest BCUT2D eigenvalue weighted by Gasteiger charge is -2.36. The van der Waals surface area contributed by atoms with E-state index < -0.39 is 18.2 Å². The van der Waals surface area contributed by atoms with Crippen LogP contribution in [-0.2, 0) is 9.59 Å². The lowest BCUT2D eigenvalue weighted by atomic mass is 9.93. The number of hydrogen-bond donors (Lipinski definition) is 1. The summed E-state index contributed by atoms with van der Waals surface area (Å²) < 4.78 is 41.2. The number of benzene rings is 1. The predicted molar refractivity (Wildman–Crippen MR) is 85.3 cm³/mol. The Balaban J connectivity index is 2.13. The van der Waals surface area contributed by atoms with E-state index in [0.717, 1.165) is 0 Å². The van der Waals surface area contributed by atoms with Crippen LogP contribution in [0.25, 0.3) is 6.08 Å². The zero-order valence-electron chi connectivity index (χ0n) is 13.6. The zero-order chi connectivity index (χ0) is 18.6. The maximum absolute atomic E-state index is 12.4. The number of alkyl halides is 3. The summed E-state index contributed by atoms with van der Waals surface area (Å²) in [5.41, 5.74) is 5.43. The summed E-state index contributed by atoms with van der Waals surface area (Å²) in [6.45, 7) is 2.06. The van der Waals surface area contributed by atoms with Crippen molar-refractivity contribution in [3.8, 4) is 5.75 Å². The van der Waals surface area contributed by atoms with E-state index >= 15 is 0 Å². The number of amides is 2. The summed E-state index contributed by atoms with van der Waals surface area (Å²) >= 11 is 0. The van der Waals surface area contributed by atoms with Crippen molar-refractivity contribution >= 4 is 17.9 Å². The molecule has 1 aromatic rings. The first-order chi connectivity index (χ1) is 11.7. The van der Waals surface area contributed by atoms with Gasteiger partial charge in [0.2, 0.25) is 11.8 Å². The maximum atomic E-state index is 12.4. The Morgan fingerprint density at radius 2 is 1.96 bits per heavy atom. The normalized spacial score (nSPS) is 21.4. The number of para-hydroxylation sites is 1. The van der Waals surface area contributed by atoms with Gasteiger partial charge >= 0.3 is 6.36 Å². The number of nitrogens with two attached hydrogens (primary N) is 1. The quantitative estimate of drug-likeness (QED) is 0.843. The highest BCUT2D eigenvalue weighted by atomic mass is 19.4. The van der Waals surface area contributed by atoms with E-state index in [2.05, 4.69) is 4.74 Å². The van der Waals surface area contributed by atoms with E-state index in [0.29, 0.717) is 12.8 Å². The highest BCUT2D eigenvalue weighted by Gasteiger charge is 2.32. The molecule has 0 radical (unpaired) electrons. The van der Waals surface area contributed by atoms with Crippen LogP contribution in [0.5, 0.6) is 5.75 Å². The molecule has 1 aliphatic heterocycles. The molecule has 0 aromatic heterocycles. The minimum atomic E-state index is -4.82. The second-order valence-electron chi connectivity index (χ2n) is 5.94. The monoisotopic (exact) mass is 356 g/mol. The molecule has 25 heavy (non-hydrogen) atoms. The standard InChI is InChI=1S/C17H19F3N2O3/c1-11-6-7-13(16(21)24)10-22(11)15(23)9-8-12-4-2-3-5-14(12)25-17(18,19)20/h2-5,8-9,11,13H,6-7,10H2,1H3,(H2,21,24). The van der Waals surface area contributed by atoms with Gasteiger partial charge in [-0.25, -0.2) is 0 Å². The number of piperidine rings is 1. The summed E-state index contributed by atoms with van der Waals surface area (Å²) in [6.07, 6.45) is -1.11. The van der Waals surface area contributed by atoms with Gasteiger partial charge in [-0.1, -0.05) is 18.2 Å². The van der Waals surface area contributed by atoms with Gasteiger partial charge in [0, 0.05) is 24.2 Å². The molecule has 1 fully saturated rings. The van der Waals surface area contributed by atoms with Crippen molar-refractivity contribution < 1.29 is 27.5 Å². The SMILES string of the molecule is CC1CCC(C(N)=O)CN1C(=O)C=Cc1ccccc1OC(F)(F)F. The van der Waals surface area contributed by atoms with Crippen molar-refractivity contribution in [2.75, 3.05) is 6.54 Å². The number of nitrogens with zero attached hydrogens (tertiary/aromatic N) is 1. The lowest BCUT2D eigenvalue weighted by Crippen LogP contribution is -2.48. The summed E-state index contributed by atoms with van der Waals surface area (Å²) in [5.74, 6) is -1.65. The minimum Gasteiger partial charge on any atom is -0.405 e. The molecule has 0 aliphatic carbocycles. The number of carbonyl (C=O) groups is 2. The van der Waals surface area contributed by atoms with Crippen LogP contribution >= 0.6 is 0 Å². The molecular weight excluding hydrogens is 337 g/mol. The highest BCUT2D eigenvalue weighted by Crippen LogP contribution is 2.27. The van der Waals surface area contributed by atoms with Crippen molar-refractivity contribution in [1.82, 2.24) is 4.90 Å². The van der Waals surface area contributed by atoms with Crippen LogP contribution in [0.4, 0.5) is 13.2 Å². The van der Waals surface area contributed by atoms with Gasteiger partial charge in [-0.15, -0.1) is 13.2 Å². The Morgan fingerprint density at radius 1 is 1.28 bits per heavy atom. The van der Waals surface area contributed by atoms with Crippen LogP contribution in [0.1, 0.15) is 25.3 Å². The third-order valence-electron chi connectivity index (χ3n) is 4.12. The fraction of sp³-hybridized carbons (Fsp3) is 0.412. The summed E-state index contributed by atoms with van der Waals surface area (Å²) in [7, 11) is 0. The number of rotatable bonds is 4. The van der Waals surface area contributed by atoms with Crippen LogP contribution < -0.4 is 10.5 Å². The van der Waals surface area contributed by atoms with Crippen LogP contribution in [0.15, 0.2) is 30.3 Å². The summed E-state index contributed by atoms with van der Waals surface area (Å²) in [5, 5.41) is 0. The smallest absolute Gasteiger partial charge is 0.405 e. The van der Waals surface area contributed by atoms with Gasteiger partial charge < -0.3 is 15.4 Å². The fourth-order valence-electron chi connectivity index (χ4n) is 2.74. The summed E-state index contributed by atoms with van der Waals surface area (Å²) in [4.78, 5) is 25.2. The summed E-state index contributed by atoms with van der Waals surface area (Å²) in [6, 6.07) is 5.46. The lowest BCUT2D eigenvalue weighted by molar-refractivity contribution is -0.274. The first-order valence-electron chi connectivity index (χ1n) is 7.80. The first kappa shape index (κ1) is 18.8. The number of halogens is 3. The van der Waals surface area contributed by atoms with Gasteiger partial charge in [0.25, 0.3) is 0 Å². The molecule has 0 spiro atoms. The molecular formula is C17H19F3N2O3. The van der Waals surface area contributed by atoms with Gasteiger partial charge in [0.15, 0.2) is 0 Å². The van der Waals surface area contributed by atoms with Gasteiger partial charge in [-0.2, -0.15) is 0 Å². The van der Waals surface area contributed by atoms with Gasteiger partial charge in [0.05, 0.1) is 5.92 Å². The molecule has 2 N–H and O–H groups in total. The number of primary amides is 1. The topological polar surface area (TPSA) is 72.6 Å². The highest BCUT2D eigenvalue weighted by molar-refractivity contribution is 5.93. The Labute approximate surface area is 143 Å². The van der Waals surface area contributed by atoms with Gasteiger partial charge in [-0.3, -0.25) is 9.59 Å². The molecule has 136 valence electrons. The van der Waals surface area contributed by atoms with E-state index in [9.17, 15) is 22.8 Å². The molecule has 0 saturated carbocycles. The second kappa shape index (κ2) is 7.58. The zero-order valence-corrected chi connectivity index (χ0v) is 13.6. The van der Waals surface area contributed by atoms with Crippen molar-refractivity contribution in [2.45, 2.75) is 32.2 Å². The van der Waals surface area contributed by atoms with Crippen molar-refractivity contribution in [3.05, 3.63) is 35.9 Å². The number of carbonyl (C=O) groups excluding carboxylic acids is 2. The Hall–Kier alpha value is -2.51. The maximum Gasteiger partial charge on any atom is 0.573 e. The van der Waals surface area contributed by atoms with Crippen LogP contribution in [0.3, 0.4) is 0 Å². The molecule has 1 heterocycles. The van der Waals surface area contributed by atoms with Crippen LogP contribution in [-0.4, -0.2) is 35.7 Å². The van der Waals surface area contributed by atoms with Crippen LogP contribution in [0.2, 0.25) is 0 Å². The van der Waals surface area contributed by atoms with Crippen LogP contribution in [0, 0.1) is 5.92 Å². The molecule has 8 heteroatoms.